The summed E-state index contributed by atoms with van der Waals surface area (Å²) >= 11 is 5.94. The van der Waals surface area contributed by atoms with Crippen molar-refractivity contribution in [2.45, 2.75) is 38.9 Å². The summed E-state index contributed by atoms with van der Waals surface area (Å²) in [5.74, 6) is -1.50. The minimum atomic E-state index is -4.42. The van der Waals surface area contributed by atoms with Gasteiger partial charge in [-0.15, -0.1) is 0 Å². The maximum absolute atomic E-state index is 13.0. The molecular weight excluding hydrogens is 451 g/mol. The third-order valence-electron chi connectivity index (χ3n) is 5.32. The van der Waals surface area contributed by atoms with Crippen LogP contribution in [0, 0.1) is 5.92 Å². The number of hydrogen-bond acceptors (Lipinski definition) is 2. The summed E-state index contributed by atoms with van der Waals surface area (Å²) in [5.41, 5.74) is 2.77. The molecule has 33 heavy (non-hydrogen) atoms. The Bertz CT molecular complexity index is 1090. The Hall–Kier alpha value is -2.99. The number of halogens is 4. The van der Waals surface area contributed by atoms with Gasteiger partial charge in [-0.3, -0.25) is 4.79 Å². The minimum absolute atomic E-state index is 0.159. The molecule has 0 heterocycles. The van der Waals surface area contributed by atoms with Gasteiger partial charge in [-0.1, -0.05) is 55.8 Å². The standard InChI is InChI=1S/C26H25ClF3NO2/c1-16(2)11-24(25(32)33)20-12-19(18-5-7-21(8-6-18)26(28,29)30)13-23(14-20)31-15-17-3-9-22(27)10-4-17/h3-10,12-14,16,24,31H,11,15H2,1-2H3,(H,32,33). The molecule has 3 aromatic rings. The fourth-order valence-corrected chi connectivity index (χ4v) is 3.76. The topological polar surface area (TPSA) is 49.3 Å². The lowest BCUT2D eigenvalue weighted by atomic mass is 9.88. The zero-order chi connectivity index (χ0) is 24.2. The van der Waals surface area contributed by atoms with Crippen molar-refractivity contribution in [3.05, 3.63) is 88.4 Å². The van der Waals surface area contributed by atoms with Crippen LogP contribution in [0.2, 0.25) is 5.02 Å². The van der Waals surface area contributed by atoms with Crippen LogP contribution in [0.4, 0.5) is 18.9 Å². The molecule has 2 N–H and O–H groups in total. The zero-order valence-corrected chi connectivity index (χ0v) is 19.0. The Kier molecular flexibility index (Phi) is 7.69. The Morgan fingerprint density at radius 3 is 2.15 bits per heavy atom. The number of benzene rings is 3. The molecule has 1 atom stereocenters. The van der Waals surface area contributed by atoms with Crippen LogP contribution in [-0.4, -0.2) is 11.1 Å². The molecule has 1 unspecified atom stereocenters. The number of alkyl halides is 3. The number of hydrogen-bond donors (Lipinski definition) is 2. The van der Waals surface area contributed by atoms with Crippen LogP contribution in [0.5, 0.6) is 0 Å². The van der Waals surface area contributed by atoms with Crippen molar-refractivity contribution >= 4 is 23.3 Å². The predicted molar refractivity (Wildman–Crippen MR) is 125 cm³/mol. The first-order valence-corrected chi connectivity index (χ1v) is 10.9. The quantitative estimate of drug-likeness (QED) is 0.348. The van der Waals surface area contributed by atoms with E-state index in [1.807, 2.05) is 32.0 Å². The minimum Gasteiger partial charge on any atom is -0.481 e. The Labute approximate surface area is 196 Å². The summed E-state index contributed by atoms with van der Waals surface area (Å²) < 4.78 is 38.9. The largest absolute Gasteiger partial charge is 0.481 e. The highest BCUT2D eigenvalue weighted by Gasteiger charge is 2.30. The van der Waals surface area contributed by atoms with E-state index in [1.165, 1.54) is 12.1 Å². The lowest BCUT2D eigenvalue weighted by molar-refractivity contribution is -0.139. The molecule has 0 aliphatic heterocycles. The van der Waals surface area contributed by atoms with E-state index in [2.05, 4.69) is 5.32 Å². The van der Waals surface area contributed by atoms with Crippen LogP contribution in [0.25, 0.3) is 11.1 Å². The summed E-state index contributed by atoms with van der Waals surface area (Å²) in [4.78, 5) is 12.0. The fraction of sp³-hybridized carbons (Fsp3) is 0.269. The molecule has 3 aromatic carbocycles. The smallest absolute Gasteiger partial charge is 0.416 e. The summed E-state index contributed by atoms with van der Waals surface area (Å²) in [6.45, 7) is 4.39. The van der Waals surface area contributed by atoms with Crippen LogP contribution in [0.1, 0.15) is 42.9 Å². The highest BCUT2D eigenvalue weighted by atomic mass is 35.5. The molecule has 0 aliphatic carbocycles. The van der Waals surface area contributed by atoms with Crippen molar-refractivity contribution in [2.75, 3.05) is 5.32 Å². The van der Waals surface area contributed by atoms with Gasteiger partial charge in [-0.25, -0.2) is 0 Å². The van der Waals surface area contributed by atoms with E-state index in [4.69, 9.17) is 11.6 Å². The first-order chi connectivity index (χ1) is 15.5. The second-order valence-electron chi connectivity index (χ2n) is 8.42. The van der Waals surface area contributed by atoms with Crippen molar-refractivity contribution in [3.63, 3.8) is 0 Å². The van der Waals surface area contributed by atoms with E-state index in [1.54, 1.807) is 24.3 Å². The number of carboxylic acid groups (broad SMARTS) is 1. The highest BCUT2D eigenvalue weighted by Crippen LogP contribution is 2.34. The summed E-state index contributed by atoms with van der Waals surface area (Å²) in [6, 6.07) is 17.6. The fourth-order valence-electron chi connectivity index (χ4n) is 3.63. The van der Waals surface area contributed by atoms with Gasteiger partial charge >= 0.3 is 12.1 Å². The zero-order valence-electron chi connectivity index (χ0n) is 18.3. The lowest BCUT2D eigenvalue weighted by Crippen LogP contribution is -2.14. The molecule has 0 fully saturated rings. The summed E-state index contributed by atoms with van der Waals surface area (Å²) in [6.07, 6.45) is -3.97. The molecule has 7 heteroatoms. The van der Waals surface area contributed by atoms with E-state index < -0.39 is 23.6 Å². The van der Waals surface area contributed by atoms with Crippen molar-refractivity contribution < 1.29 is 23.1 Å². The number of anilines is 1. The monoisotopic (exact) mass is 475 g/mol. The van der Waals surface area contributed by atoms with Crippen molar-refractivity contribution in [3.8, 4) is 11.1 Å². The average molecular weight is 476 g/mol. The number of nitrogens with one attached hydrogen (secondary N) is 1. The van der Waals surface area contributed by atoms with Gasteiger partial charge in [0.1, 0.15) is 0 Å². The third-order valence-corrected chi connectivity index (χ3v) is 5.57. The van der Waals surface area contributed by atoms with Gasteiger partial charge in [-0.05, 0) is 71.0 Å². The normalized spacial score (nSPS) is 12.6. The molecular formula is C26H25ClF3NO2. The van der Waals surface area contributed by atoms with Crippen LogP contribution in [0.15, 0.2) is 66.7 Å². The van der Waals surface area contributed by atoms with Gasteiger partial charge in [0.15, 0.2) is 0 Å². The molecule has 0 spiro atoms. The molecule has 0 amide bonds. The van der Waals surface area contributed by atoms with E-state index in [0.717, 1.165) is 17.7 Å². The molecule has 0 saturated heterocycles. The van der Waals surface area contributed by atoms with Crippen molar-refractivity contribution in [1.82, 2.24) is 0 Å². The SMILES string of the molecule is CC(C)CC(C(=O)O)c1cc(NCc2ccc(Cl)cc2)cc(-c2ccc(C(F)(F)F)cc2)c1. The van der Waals surface area contributed by atoms with E-state index in [-0.39, 0.29) is 5.92 Å². The predicted octanol–water partition coefficient (Wildman–Crippen LogP) is 7.85. The van der Waals surface area contributed by atoms with Gasteiger partial charge in [0, 0.05) is 17.3 Å². The number of aliphatic carboxylic acids is 1. The Morgan fingerprint density at radius 1 is 0.970 bits per heavy atom. The van der Waals surface area contributed by atoms with Crippen LogP contribution < -0.4 is 5.32 Å². The molecule has 0 radical (unpaired) electrons. The molecule has 3 nitrogen and oxygen atoms in total. The maximum Gasteiger partial charge on any atom is 0.416 e. The molecule has 0 aromatic heterocycles. The van der Waals surface area contributed by atoms with Crippen LogP contribution in [-0.2, 0) is 17.5 Å². The average Bonchev–Trinajstić information content (AvgIpc) is 2.76. The highest BCUT2D eigenvalue weighted by molar-refractivity contribution is 6.30. The maximum atomic E-state index is 13.0. The first-order valence-electron chi connectivity index (χ1n) is 10.6. The van der Waals surface area contributed by atoms with Gasteiger partial charge in [0.25, 0.3) is 0 Å². The molecule has 0 aliphatic rings. The number of carboxylic acids is 1. The summed E-state index contributed by atoms with van der Waals surface area (Å²) in [5, 5.41) is 13.8. The lowest BCUT2D eigenvalue weighted by Gasteiger charge is -2.19. The second kappa shape index (κ2) is 10.3. The van der Waals surface area contributed by atoms with Gasteiger partial charge in [-0.2, -0.15) is 13.2 Å². The van der Waals surface area contributed by atoms with Crippen LogP contribution >= 0.6 is 11.6 Å². The first kappa shape index (κ1) is 24.6. The number of rotatable bonds is 8. The molecule has 174 valence electrons. The second-order valence-corrected chi connectivity index (χ2v) is 8.86. The van der Waals surface area contributed by atoms with Gasteiger partial charge in [0.05, 0.1) is 11.5 Å². The van der Waals surface area contributed by atoms with Gasteiger partial charge < -0.3 is 10.4 Å². The van der Waals surface area contributed by atoms with Crippen LogP contribution in [0.3, 0.4) is 0 Å². The number of carbonyl (C=O) groups is 1. The third kappa shape index (κ3) is 6.75. The molecule has 0 bridgehead atoms. The summed E-state index contributed by atoms with van der Waals surface area (Å²) in [7, 11) is 0. The van der Waals surface area contributed by atoms with Gasteiger partial charge in [0.2, 0.25) is 0 Å². The van der Waals surface area contributed by atoms with E-state index in [0.29, 0.717) is 40.4 Å². The van der Waals surface area contributed by atoms with E-state index in [9.17, 15) is 23.1 Å². The Morgan fingerprint density at radius 2 is 1.61 bits per heavy atom. The Balaban J connectivity index is 1.99. The van der Waals surface area contributed by atoms with E-state index >= 15 is 0 Å². The van der Waals surface area contributed by atoms with Crippen molar-refractivity contribution in [2.24, 2.45) is 5.92 Å². The molecule has 0 saturated carbocycles. The molecule has 3 rings (SSSR count). The van der Waals surface area contributed by atoms with Crippen molar-refractivity contribution in [1.29, 1.82) is 0 Å².